The molecule has 1 aromatic carbocycles. The number of piperazine rings is 1. The number of benzene rings is 1. The highest BCUT2D eigenvalue weighted by atomic mass is 19.1. The van der Waals surface area contributed by atoms with Crippen molar-refractivity contribution in [1.29, 1.82) is 0 Å². The summed E-state index contributed by atoms with van der Waals surface area (Å²) in [6.07, 6.45) is 0. The van der Waals surface area contributed by atoms with Crippen molar-refractivity contribution in [1.82, 2.24) is 9.80 Å². The number of nitrogens with zero attached hydrogens (tertiary/aromatic N) is 2. The molecule has 1 saturated heterocycles. The minimum absolute atomic E-state index is 0.00380. The highest BCUT2D eigenvalue weighted by Crippen LogP contribution is 2.18. The van der Waals surface area contributed by atoms with Crippen LogP contribution in [0.2, 0.25) is 0 Å². The Bertz CT molecular complexity index is 378. The summed E-state index contributed by atoms with van der Waals surface area (Å²) in [5.74, 6) is -0.228. The molecule has 1 unspecified atom stereocenters. The largest absolute Gasteiger partial charge is 0.396 e. The van der Waals surface area contributed by atoms with E-state index in [1.165, 1.54) is 12.1 Å². The van der Waals surface area contributed by atoms with Gasteiger partial charge in [0.1, 0.15) is 5.82 Å². The average molecular weight is 252 g/mol. The Kier molecular flexibility index (Phi) is 4.69. The SMILES string of the molecule is CN1CCN(CC(CO)c2cccc(F)c2)CC1. The molecular weight excluding hydrogens is 231 g/mol. The van der Waals surface area contributed by atoms with Crippen molar-refractivity contribution in [2.75, 3.05) is 46.4 Å². The minimum atomic E-state index is -0.232. The number of aliphatic hydroxyl groups excluding tert-OH is 1. The van der Waals surface area contributed by atoms with Gasteiger partial charge in [0.25, 0.3) is 0 Å². The molecule has 1 heterocycles. The van der Waals surface area contributed by atoms with Gasteiger partial charge in [-0.1, -0.05) is 12.1 Å². The summed E-state index contributed by atoms with van der Waals surface area (Å²) in [6.45, 7) is 5.01. The highest BCUT2D eigenvalue weighted by Gasteiger charge is 2.19. The van der Waals surface area contributed by atoms with Crippen LogP contribution in [0.5, 0.6) is 0 Å². The zero-order valence-electron chi connectivity index (χ0n) is 10.8. The van der Waals surface area contributed by atoms with Crippen LogP contribution in [0.25, 0.3) is 0 Å². The van der Waals surface area contributed by atoms with E-state index in [0.29, 0.717) is 0 Å². The Hall–Kier alpha value is -0.970. The van der Waals surface area contributed by atoms with E-state index < -0.39 is 0 Å². The molecule has 1 N–H and O–H groups in total. The maximum Gasteiger partial charge on any atom is 0.123 e. The van der Waals surface area contributed by atoms with Crippen molar-refractivity contribution in [2.24, 2.45) is 0 Å². The van der Waals surface area contributed by atoms with E-state index in [2.05, 4.69) is 16.8 Å². The second kappa shape index (κ2) is 6.27. The van der Waals surface area contributed by atoms with Crippen molar-refractivity contribution >= 4 is 0 Å². The number of likely N-dealkylation sites (N-methyl/N-ethyl adjacent to an activating group) is 1. The van der Waals surface area contributed by atoms with Crippen LogP contribution < -0.4 is 0 Å². The molecule has 2 rings (SSSR count). The number of hydrogen-bond donors (Lipinski definition) is 1. The van der Waals surface area contributed by atoms with E-state index in [1.807, 2.05) is 6.07 Å². The lowest BCUT2D eigenvalue weighted by Crippen LogP contribution is -2.46. The van der Waals surface area contributed by atoms with Gasteiger partial charge in [0.15, 0.2) is 0 Å². The summed E-state index contributed by atoms with van der Waals surface area (Å²) in [4.78, 5) is 4.64. The van der Waals surface area contributed by atoms with Gasteiger partial charge in [-0.2, -0.15) is 0 Å². The first-order valence-electron chi connectivity index (χ1n) is 6.46. The minimum Gasteiger partial charge on any atom is -0.396 e. The first kappa shape index (κ1) is 13.5. The number of rotatable bonds is 4. The van der Waals surface area contributed by atoms with Gasteiger partial charge in [0.2, 0.25) is 0 Å². The molecule has 1 aliphatic heterocycles. The smallest absolute Gasteiger partial charge is 0.123 e. The molecule has 0 amide bonds. The maximum atomic E-state index is 13.2. The van der Waals surface area contributed by atoms with Crippen LogP contribution in [-0.4, -0.2) is 61.3 Å². The van der Waals surface area contributed by atoms with Crippen molar-refractivity contribution in [3.63, 3.8) is 0 Å². The van der Waals surface area contributed by atoms with Gasteiger partial charge >= 0.3 is 0 Å². The van der Waals surface area contributed by atoms with E-state index in [4.69, 9.17) is 0 Å². The fraction of sp³-hybridized carbons (Fsp3) is 0.571. The van der Waals surface area contributed by atoms with Gasteiger partial charge < -0.3 is 14.9 Å². The van der Waals surface area contributed by atoms with Crippen LogP contribution in [0.15, 0.2) is 24.3 Å². The summed E-state index contributed by atoms with van der Waals surface area (Å²) in [5.41, 5.74) is 0.886. The van der Waals surface area contributed by atoms with Crippen molar-refractivity contribution in [3.8, 4) is 0 Å². The molecule has 0 aliphatic carbocycles. The van der Waals surface area contributed by atoms with Crippen molar-refractivity contribution in [2.45, 2.75) is 5.92 Å². The van der Waals surface area contributed by atoms with Gasteiger partial charge in [-0.05, 0) is 24.7 Å². The van der Waals surface area contributed by atoms with E-state index >= 15 is 0 Å². The Morgan fingerprint density at radius 2 is 2.00 bits per heavy atom. The summed E-state index contributed by atoms with van der Waals surface area (Å²) in [7, 11) is 2.12. The number of hydrogen-bond acceptors (Lipinski definition) is 3. The summed E-state index contributed by atoms with van der Waals surface area (Å²) >= 11 is 0. The van der Waals surface area contributed by atoms with Crippen LogP contribution >= 0.6 is 0 Å². The van der Waals surface area contributed by atoms with Gasteiger partial charge in [-0.15, -0.1) is 0 Å². The predicted octanol–water partition coefficient (Wildman–Crippen LogP) is 1.15. The van der Waals surface area contributed by atoms with Crippen molar-refractivity contribution in [3.05, 3.63) is 35.6 Å². The molecule has 0 bridgehead atoms. The Balaban J connectivity index is 1.97. The van der Waals surface area contributed by atoms with Gasteiger partial charge in [-0.3, -0.25) is 0 Å². The Morgan fingerprint density at radius 3 is 2.61 bits per heavy atom. The molecule has 18 heavy (non-hydrogen) atoms. The lowest BCUT2D eigenvalue weighted by Gasteiger charge is -2.34. The number of halogens is 1. The molecule has 4 heteroatoms. The molecule has 0 radical (unpaired) electrons. The third-order valence-corrected chi connectivity index (χ3v) is 3.61. The van der Waals surface area contributed by atoms with E-state index in [9.17, 15) is 9.50 Å². The van der Waals surface area contributed by atoms with Gasteiger partial charge in [0, 0.05) is 38.6 Å². The first-order chi connectivity index (χ1) is 8.69. The molecule has 0 spiro atoms. The topological polar surface area (TPSA) is 26.7 Å². The van der Waals surface area contributed by atoms with Crippen LogP contribution in [0.1, 0.15) is 11.5 Å². The highest BCUT2D eigenvalue weighted by molar-refractivity contribution is 5.21. The molecule has 3 nitrogen and oxygen atoms in total. The van der Waals surface area contributed by atoms with Crippen LogP contribution in [0.3, 0.4) is 0 Å². The zero-order chi connectivity index (χ0) is 13.0. The molecule has 0 saturated carbocycles. The lowest BCUT2D eigenvalue weighted by atomic mass is 9.99. The third-order valence-electron chi connectivity index (χ3n) is 3.61. The summed E-state index contributed by atoms with van der Waals surface area (Å²) in [6, 6.07) is 6.56. The zero-order valence-corrected chi connectivity index (χ0v) is 10.8. The van der Waals surface area contributed by atoms with Crippen LogP contribution in [0, 0.1) is 5.82 Å². The van der Waals surface area contributed by atoms with Gasteiger partial charge in [0.05, 0.1) is 6.61 Å². The number of aliphatic hydroxyl groups is 1. The van der Waals surface area contributed by atoms with Crippen molar-refractivity contribution < 1.29 is 9.50 Å². The Labute approximate surface area is 108 Å². The third kappa shape index (κ3) is 3.51. The normalized spacial score (nSPS) is 19.9. The van der Waals surface area contributed by atoms with E-state index in [-0.39, 0.29) is 18.3 Å². The second-order valence-corrected chi connectivity index (χ2v) is 5.04. The average Bonchev–Trinajstić information content (AvgIpc) is 2.38. The van der Waals surface area contributed by atoms with E-state index in [0.717, 1.165) is 38.3 Å². The molecule has 1 fully saturated rings. The first-order valence-corrected chi connectivity index (χ1v) is 6.46. The molecule has 0 aromatic heterocycles. The van der Waals surface area contributed by atoms with Gasteiger partial charge in [-0.25, -0.2) is 4.39 Å². The molecule has 100 valence electrons. The van der Waals surface area contributed by atoms with Crippen LogP contribution in [0.4, 0.5) is 4.39 Å². The summed E-state index contributed by atoms with van der Waals surface area (Å²) < 4.78 is 13.2. The molecule has 1 aliphatic rings. The van der Waals surface area contributed by atoms with E-state index in [1.54, 1.807) is 6.07 Å². The molecule has 1 aromatic rings. The maximum absolute atomic E-state index is 13.2. The fourth-order valence-electron chi connectivity index (χ4n) is 2.37. The quantitative estimate of drug-likeness (QED) is 0.871. The standard InChI is InChI=1S/C14H21FN2O/c1-16-5-7-17(8-6-16)10-13(11-18)12-3-2-4-14(15)9-12/h2-4,9,13,18H,5-8,10-11H2,1H3. The lowest BCUT2D eigenvalue weighted by molar-refractivity contribution is 0.132. The predicted molar refractivity (Wildman–Crippen MR) is 70.2 cm³/mol. The molecule has 1 atom stereocenters. The Morgan fingerprint density at radius 1 is 1.28 bits per heavy atom. The molecular formula is C14H21FN2O. The monoisotopic (exact) mass is 252 g/mol. The second-order valence-electron chi connectivity index (χ2n) is 5.04. The fourth-order valence-corrected chi connectivity index (χ4v) is 2.37. The summed E-state index contributed by atoms with van der Waals surface area (Å²) in [5, 5.41) is 9.49. The van der Waals surface area contributed by atoms with Crippen LogP contribution in [-0.2, 0) is 0 Å².